The van der Waals surface area contributed by atoms with Gasteiger partial charge < -0.3 is 15.1 Å². The van der Waals surface area contributed by atoms with Gasteiger partial charge >= 0.3 is 0 Å². The first-order valence-corrected chi connectivity index (χ1v) is 7.03. The molecule has 1 unspecified atom stereocenters. The summed E-state index contributed by atoms with van der Waals surface area (Å²) < 4.78 is 0. The summed E-state index contributed by atoms with van der Waals surface area (Å²) >= 11 is 0. The molecule has 2 aliphatic rings. The summed E-state index contributed by atoms with van der Waals surface area (Å²) in [6, 6.07) is 0. The van der Waals surface area contributed by atoms with E-state index in [1.165, 1.54) is 19.3 Å². The molecule has 0 radical (unpaired) electrons. The molecule has 1 atom stereocenters. The van der Waals surface area contributed by atoms with E-state index in [0.29, 0.717) is 5.91 Å². The number of carbonyl (C=O) groups is 1. The second kappa shape index (κ2) is 4.82. The van der Waals surface area contributed by atoms with Crippen LogP contribution >= 0.6 is 0 Å². The maximum Gasteiger partial charge on any atom is 0.229 e. The number of hydrogen-bond acceptors (Lipinski definition) is 3. The highest BCUT2D eigenvalue weighted by atomic mass is 16.2. The molecule has 1 saturated heterocycles. The summed E-state index contributed by atoms with van der Waals surface area (Å²) in [5.74, 6) is 0.306. The molecular formula is C14H27N3O. The molecule has 0 aromatic heterocycles. The number of hydrogen-bond donors (Lipinski definition) is 1. The Morgan fingerprint density at radius 3 is 2.28 bits per heavy atom. The van der Waals surface area contributed by atoms with Gasteiger partial charge in [0.2, 0.25) is 5.91 Å². The molecular weight excluding hydrogens is 226 g/mol. The second-order valence-corrected chi connectivity index (χ2v) is 6.62. The molecule has 1 aliphatic carbocycles. The second-order valence-electron chi connectivity index (χ2n) is 6.62. The average molecular weight is 253 g/mol. The van der Waals surface area contributed by atoms with Crippen molar-refractivity contribution in [3.05, 3.63) is 0 Å². The fourth-order valence-electron chi connectivity index (χ4n) is 3.31. The van der Waals surface area contributed by atoms with Crippen molar-refractivity contribution in [1.82, 2.24) is 15.1 Å². The van der Waals surface area contributed by atoms with Crippen LogP contribution in [0.2, 0.25) is 0 Å². The van der Waals surface area contributed by atoms with Crippen LogP contribution in [0.4, 0.5) is 0 Å². The number of nitrogens with zero attached hydrogens (tertiary/aromatic N) is 2. The van der Waals surface area contributed by atoms with E-state index in [4.69, 9.17) is 0 Å². The van der Waals surface area contributed by atoms with Crippen LogP contribution in [0.5, 0.6) is 0 Å². The number of carbonyl (C=O) groups excluding carboxylic acids is 1. The summed E-state index contributed by atoms with van der Waals surface area (Å²) in [4.78, 5) is 16.8. The summed E-state index contributed by atoms with van der Waals surface area (Å²) in [6.07, 6.45) is 4.68. The number of amides is 1. The van der Waals surface area contributed by atoms with Crippen molar-refractivity contribution in [2.24, 2.45) is 5.41 Å². The fraction of sp³-hybridized carbons (Fsp3) is 0.929. The molecule has 1 aliphatic heterocycles. The van der Waals surface area contributed by atoms with E-state index < -0.39 is 0 Å². The van der Waals surface area contributed by atoms with Gasteiger partial charge in [0.25, 0.3) is 0 Å². The number of rotatable bonds is 4. The quantitative estimate of drug-likeness (QED) is 0.809. The summed E-state index contributed by atoms with van der Waals surface area (Å²) in [7, 11) is 6.24. The molecule has 1 N–H and O–H groups in total. The third kappa shape index (κ3) is 2.28. The van der Waals surface area contributed by atoms with Crippen LogP contribution in [0.25, 0.3) is 0 Å². The Morgan fingerprint density at radius 2 is 1.89 bits per heavy atom. The first-order chi connectivity index (χ1) is 8.40. The Balaban J connectivity index is 1.99. The third-order valence-electron chi connectivity index (χ3n) is 5.00. The molecule has 2 rings (SSSR count). The van der Waals surface area contributed by atoms with E-state index in [1.54, 1.807) is 0 Å². The molecule has 2 fully saturated rings. The van der Waals surface area contributed by atoms with Gasteiger partial charge in [-0.3, -0.25) is 4.79 Å². The zero-order valence-electron chi connectivity index (χ0n) is 12.3. The van der Waals surface area contributed by atoms with Gasteiger partial charge in [0.15, 0.2) is 0 Å². The third-order valence-corrected chi connectivity index (χ3v) is 5.00. The van der Waals surface area contributed by atoms with Gasteiger partial charge in [-0.05, 0) is 53.2 Å². The molecule has 4 heteroatoms. The van der Waals surface area contributed by atoms with Gasteiger partial charge in [0, 0.05) is 25.7 Å². The topological polar surface area (TPSA) is 35.6 Å². The number of nitrogens with one attached hydrogen (secondary N) is 1. The minimum atomic E-state index is -0.188. The van der Waals surface area contributed by atoms with Crippen LogP contribution in [-0.2, 0) is 4.79 Å². The van der Waals surface area contributed by atoms with Crippen molar-refractivity contribution < 1.29 is 4.79 Å². The van der Waals surface area contributed by atoms with Crippen LogP contribution in [0.15, 0.2) is 0 Å². The highest BCUT2D eigenvalue weighted by Gasteiger charge is 2.44. The fourth-order valence-corrected chi connectivity index (χ4v) is 3.31. The minimum Gasteiger partial charge on any atom is -0.343 e. The molecule has 0 aromatic rings. The van der Waals surface area contributed by atoms with E-state index in [9.17, 15) is 4.79 Å². The maximum atomic E-state index is 12.6. The lowest BCUT2D eigenvalue weighted by Crippen LogP contribution is -2.58. The lowest BCUT2D eigenvalue weighted by atomic mass is 9.75. The van der Waals surface area contributed by atoms with Crippen LogP contribution in [0, 0.1) is 5.41 Å². The monoisotopic (exact) mass is 253 g/mol. The summed E-state index contributed by atoms with van der Waals surface area (Å²) in [5, 5.41) is 3.30. The van der Waals surface area contributed by atoms with Crippen LogP contribution in [0.3, 0.4) is 0 Å². The van der Waals surface area contributed by atoms with E-state index in [0.717, 1.165) is 26.1 Å². The highest BCUT2D eigenvalue weighted by Crippen LogP contribution is 2.37. The van der Waals surface area contributed by atoms with Crippen molar-refractivity contribution in [1.29, 1.82) is 0 Å². The highest BCUT2D eigenvalue weighted by molar-refractivity contribution is 5.82. The van der Waals surface area contributed by atoms with E-state index in [2.05, 4.69) is 31.2 Å². The van der Waals surface area contributed by atoms with Crippen molar-refractivity contribution in [3.63, 3.8) is 0 Å². The van der Waals surface area contributed by atoms with Crippen molar-refractivity contribution in [3.8, 4) is 0 Å². The molecule has 4 nitrogen and oxygen atoms in total. The van der Waals surface area contributed by atoms with Crippen LogP contribution in [0.1, 0.15) is 32.6 Å². The molecule has 1 heterocycles. The first-order valence-electron chi connectivity index (χ1n) is 7.03. The van der Waals surface area contributed by atoms with Crippen molar-refractivity contribution in [2.75, 3.05) is 40.8 Å². The predicted octanol–water partition coefficient (Wildman–Crippen LogP) is 0.929. The van der Waals surface area contributed by atoms with Gasteiger partial charge in [-0.2, -0.15) is 0 Å². The first kappa shape index (κ1) is 13.8. The van der Waals surface area contributed by atoms with E-state index in [1.807, 2.05) is 11.9 Å². The Morgan fingerprint density at radius 1 is 1.22 bits per heavy atom. The predicted molar refractivity (Wildman–Crippen MR) is 73.5 cm³/mol. The van der Waals surface area contributed by atoms with E-state index in [-0.39, 0.29) is 11.0 Å². The zero-order chi connectivity index (χ0) is 13.4. The Hall–Kier alpha value is -0.610. The van der Waals surface area contributed by atoms with Crippen molar-refractivity contribution in [2.45, 2.75) is 38.1 Å². The van der Waals surface area contributed by atoms with Crippen LogP contribution in [-0.4, -0.2) is 62.0 Å². The zero-order valence-corrected chi connectivity index (χ0v) is 12.3. The normalized spacial score (nSPS) is 30.3. The lowest BCUT2D eigenvalue weighted by Gasteiger charge is -2.49. The Kier molecular flexibility index (Phi) is 3.70. The van der Waals surface area contributed by atoms with Gasteiger partial charge in [-0.15, -0.1) is 0 Å². The lowest BCUT2D eigenvalue weighted by molar-refractivity contribution is -0.141. The summed E-state index contributed by atoms with van der Waals surface area (Å²) in [6.45, 7) is 4.75. The molecule has 0 bridgehead atoms. The molecule has 0 aromatic carbocycles. The maximum absolute atomic E-state index is 12.6. The molecule has 1 amide bonds. The Labute approximate surface area is 111 Å². The standard InChI is InChI=1S/C14H27N3O/c1-13(8-9-15-10-13)12(18)17(4)11-14(16(2)3)6-5-7-14/h15H,5-11H2,1-4H3. The molecule has 1 saturated carbocycles. The molecule has 18 heavy (non-hydrogen) atoms. The summed E-state index contributed by atoms with van der Waals surface area (Å²) in [5.41, 5.74) is 0.0405. The van der Waals surface area contributed by atoms with Gasteiger partial charge in [-0.25, -0.2) is 0 Å². The van der Waals surface area contributed by atoms with Gasteiger partial charge in [0.1, 0.15) is 0 Å². The Bertz CT molecular complexity index is 317. The molecule has 0 spiro atoms. The van der Waals surface area contributed by atoms with Crippen LogP contribution < -0.4 is 5.32 Å². The number of likely N-dealkylation sites (N-methyl/N-ethyl adjacent to an activating group) is 2. The largest absolute Gasteiger partial charge is 0.343 e. The molecule has 104 valence electrons. The van der Waals surface area contributed by atoms with Crippen molar-refractivity contribution >= 4 is 5.91 Å². The smallest absolute Gasteiger partial charge is 0.229 e. The SMILES string of the molecule is CN(CC1(N(C)C)CCC1)C(=O)C1(C)CCNC1. The van der Waals surface area contributed by atoms with Gasteiger partial charge in [-0.1, -0.05) is 0 Å². The van der Waals surface area contributed by atoms with E-state index >= 15 is 0 Å². The van der Waals surface area contributed by atoms with Gasteiger partial charge in [0.05, 0.1) is 5.41 Å². The average Bonchev–Trinajstić information content (AvgIpc) is 2.70. The minimum absolute atomic E-state index is 0.188.